The Morgan fingerprint density at radius 3 is 2.27 bits per heavy atom. The average Bonchev–Trinajstić information content (AvgIpc) is 3.63. The van der Waals surface area contributed by atoms with Crippen molar-refractivity contribution in [2.24, 2.45) is 23.7 Å². The predicted octanol–water partition coefficient (Wildman–Crippen LogP) is 7.37. The van der Waals surface area contributed by atoms with Crippen molar-refractivity contribution in [3.63, 3.8) is 0 Å². The van der Waals surface area contributed by atoms with E-state index < -0.39 is 46.8 Å². The van der Waals surface area contributed by atoms with Crippen LogP contribution in [0.3, 0.4) is 0 Å². The van der Waals surface area contributed by atoms with Gasteiger partial charge < -0.3 is 14.6 Å². The number of nitrogens with one attached hydrogen (secondary N) is 1. The minimum Gasteiger partial charge on any atom is -0.508 e. The van der Waals surface area contributed by atoms with Crippen molar-refractivity contribution >= 4 is 52.5 Å². The molecular formula is C46H44Cl2N4O7. The maximum atomic E-state index is 15.6. The van der Waals surface area contributed by atoms with E-state index in [4.69, 9.17) is 32.7 Å². The number of anilines is 1. The highest BCUT2D eigenvalue weighted by Gasteiger charge is 2.71. The van der Waals surface area contributed by atoms with E-state index in [9.17, 15) is 14.7 Å². The van der Waals surface area contributed by atoms with Crippen molar-refractivity contribution in [3.05, 3.63) is 129 Å². The van der Waals surface area contributed by atoms with Crippen LogP contribution in [0.15, 0.2) is 103 Å². The molecule has 13 heteroatoms. The monoisotopic (exact) mass is 834 g/mol. The first-order chi connectivity index (χ1) is 28.5. The van der Waals surface area contributed by atoms with E-state index in [1.165, 1.54) is 35.8 Å². The fourth-order valence-corrected chi connectivity index (χ4v) is 11.1. The van der Waals surface area contributed by atoms with Gasteiger partial charge in [-0.2, -0.15) is 5.01 Å². The van der Waals surface area contributed by atoms with Gasteiger partial charge in [-0.05, 0) is 79.1 Å². The number of allylic oxidation sites excluding steroid dienone is 2. The van der Waals surface area contributed by atoms with Crippen molar-refractivity contribution in [2.75, 3.05) is 32.7 Å². The van der Waals surface area contributed by atoms with Gasteiger partial charge in [-0.25, -0.2) is 0 Å². The summed E-state index contributed by atoms with van der Waals surface area (Å²) in [4.78, 5) is 63.9. The highest BCUT2D eigenvalue weighted by Crippen LogP contribution is 2.65. The van der Waals surface area contributed by atoms with Gasteiger partial charge in [-0.3, -0.25) is 34.4 Å². The number of likely N-dealkylation sites (tertiary alicyclic amines) is 2. The molecule has 4 amide bonds. The Bertz CT molecular complexity index is 2370. The number of carbonyl (C=O) groups excluding carboxylic acids is 4. The molecule has 4 fully saturated rings. The van der Waals surface area contributed by atoms with Crippen LogP contribution in [0.2, 0.25) is 10.0 Å². The van der Waals surface area contributed by atoms with Gasteiger partial charge in [0.1, 0.15) is 17.2 Å². The normalized spacial score (nSPS) is 27.0. The third-order valence-corrected chi connectivity index (χ3v) is 13.9. The zero-order valence-electron chi connectivity index (χ0n) is 32.6. The maximum absolute atomic E-state index is 15.6. The van der Waals surface area contributed by atoms with E-state index in [0.717, 1.165) is 30.2 Å². The molecule has 2 N–H and O–H groups in total. The topological polar surface area (TPSA) is 129 Å². The molecule has 3 aliphatic heterocycles. The molecule has 0 spiro atoms. The van der Waals surface area contributed by atoms with Crippen LogP contribution in [-0.2, 0) is 31.1 Å². The molecule has 0 aromatic heterocycles. The molecule has 304 valence electrons. The van der Waals surface area contributed by atoms with E-state index in [1.807, 2.05) is 24.3 Å². The first kappa shape index (κ1) is 39.1. The van der Waals surface area contributed by atoms with Crippen molar-refractivity contribution in [3.8, 4) is 17.2 Å². The second kappa shape index (κ2) is 15.3. The number of phenolic OH excluding ortho intramolecular Hbond substituents is 1. The number of ether oxygens (including phenoxy) is 2. The third-order valence-electron chi connectivity index (χ3n) is 13.3. The van der Waals surface area contributed by atoms with Crippen LogP contribution >= 0.6 is 23.2 Å². The molecule has 5 aliphatic rings. The predicted molar refractivity (Wildman–Crippen MR) is 222 cm³/mol. The molecule has 0 bridgehead atoms. The highest BCUT2D eigenvalue weighted by molar-refractivity contribution is 6.36. The molecule has 2 aliphatic carbocycles. The number of hydrazine groups is 1. The number of halogens is 2. The summed E-state index contributed by atoms with van der Waals surface area (Å²) in [6.07, 6.45) is 3.80. The van der Waals surface area contributed by atoms with E-state index >= 15 is 9.59 Å². The second-order valence-corrected chi connectivity index (χ2v) is 17.0. The van der Waals surface area contributed by atoms with Crippen LogP contribution in [0.25, 0.3) is 0 Å². The van der Waals surface area contributed by atoms with E-state index in [0.29, 0.717) is 52.6 Å². The zero-order valence-corrected chi connectivity index (χ0v) is 34.2. The van der Waals surface area contributed by atoms with Crippen LogP contribution in [0.1, 0.15) is 48.3 Å². The summed E-state index contributed by atoms with van der Waals surface area (Å²) >= 11 is 12.8. The summed E-state index contributed by atoms with van der Waals surface area (Å²) in [5.41, 5.74) is 4.90. The van der Waals surface area contributed by atoms with Crippen molar-refractivity contribution in [2.45, 2.75) is 49.6 Å². The van der Waals surface area contributed by atoms with E-state index in [-0.39, 0.29) is 35.0 Å². The Balaban J connectivity index is 1.14. The molecule has 9 rings (SSSR count). The largest absolute Gasteiger partial charge is 0.508 e. The number of rotatable bonds is 9. The average molecular weight is 836 g/mol. The van der Waals surface area contributed by atoms with Gasteiger partial charge in [-0.1, -0.05) is 83.4 Å². The van der Waals surface area contributed by atoms with Gasteiger partial charge >= 0.3 is 0 Å². The molecule has 3 saturated heterocycles. The minimum atomic E-state index is -1.56. The molecule has 0 unspecified atom stereocenters. The summed E-state index contributed by atoms with van der Waals surface area (Å²) in [5, 5.41) is 12.3. The quantitative estimate of drug-likeness (QED) is 0.131. The van der Waals surface area contributed by atoms with Crippen LogP contribution < -0.4 is 14.9 Å². The summed E-state index contributed by atoms with van der Waals surface area (Å²) in [5.74, 6) is -4.28. The molecule has 4 aromatic carbocycles. The third kappa shape index (κ3) is 6.36. The molecule has 6 atom stereocenters. The Morgan fingerprint density at radius 2 is 1.58 bits per heavy atom. The van der Waals surface area contributed by atoms with Crippen LogP contribution in [0.5, 0.6) is 17.2 Å². The van der Waals surface area contributed by atoms with Gasteiger partial charge in [0, 0.05) is 48.2 Å². The lowest BCUT2D eigenvalue weighted by Gasteiger charge is -2.50. The first-order valence-electron chi connectivity index (χ1n) is 20.0. The number of carbonyl (C=O) groups is 4. The number of nitrogens with zero attached hydrogens (tertiary/aromatic N) is 3. The number of aromatic hydroxyl groups is 1. The standard InChI is InChI=1S/C46H44Cl2N4O7/c1-58-31-12-8-27(9-13-31)46-36(43(55)52(45(46)57)49-38-17-10-28(47)22-37(38)48)24-35-32(41(46)33-14-11-30(53)23-39(33)59-2)15-16-34-40(35)44(56)51(42(34)54)29-18-20-50(21-19-29)25-26-6-4-3-5-7-26/h3-15,17,22-23,29,34-36,40-41,49,53H,16,18-21,24-25H2,1-2H3/t34-,35+,36-,40-,41+,46+/m0/s1. The Morgan fingerprint density at radius 1 is 0.831 bits per heavy atom. The van der Waals surface area contributed by atoms with Crippen LogP contribution in [-0.4, -0.2) is 76.9 Å². The van der Waals surface area contributed by atoms with Gasteiger partial charge in [0.25, 0.3) is 11.8 Å². The molecule has 1 saturated carbocycles. The van der Waals surface area contributed by atoms with Gasteiger partial charge in [-0.15, -0.1) is 0 Å². The van der Waals surface area contributed by atoms with Crippen LogP contribution in [0.4, 0.5) is 5.69 Å². The molecule has 4 aromatic rings. The zero-order chi connectivity index (χ0) is 41.2. The number of phenols is 1. The number of hydrogen-bond donors (Lipinski definition) is 2. The van der Waals surface area contributed by atoms with Gasteiger partial charge in [0.2, 0.25) is 11.8 Å². The summed E-state index contributed by atoms with van der Waals surface area (Å²) in [6.45, 7) is 2.31. The lowest BCUT2D eigenvalue weighted by molar-refractivity contribution is -0.144. The number of amides is 4. The molecule has 3 heterocycles. The molecule has 0 radical (unpaired) electrons. The number of methoxy groups -OCH3 is 2. The molecular weight excluding hydrogens is 791 g/mol. The van der Waals surface area contributed by atoms with Crippen molar-refractivity contribution in [1.82, 2.24) is 14.8 Å². The van der Waals surface area contributed by atoms with Crippen molar-refractivity contribution in [1.29, 1.82) is 0 Å². The maximum Gasteiger partial charge on any atom is 0.260 e. The van der Waals surface area contributed by atoms with E-state index in [1.54, 1.807) is 49.6 Å². The number of hydrogen-bond acceptors (Lipinski definition) is 9. The second-order valence-electron chi connectivity index (χ2n) is 16.2. The number of imide groups is 2. The molecule has 11 nitrogen and oxygen atoms in total. The summed E-state index contributed by atoms with van der Waals surface area (Å²) in [7, 11) is 3.04. The van der Waals surface area contributed by atoms with E-state index in [2.05, 4.69) is 22.5 Å². The Labute approximate surface area is 352 Å². The lowest BCUT2D eigenvalue weighted by Crippen LogP contribution is -2.53. The summed E-state index contributed by atoms with van der Waals surface area (Å²) in [6, 6.07) is 26.6. The number of benzene rings is 4. The number of piperidine rings is 1. The summed E-state index contributed by atoms with van der Waals surface area (Å²) < 4.78 is 11.4. The smallest absolute Gasteiger partial charge is 0.260 e. The van der Waals surface area contributed by atoms with Gasteiger partial charge in [0.05, 0.1) is 48.1 Å². The van der Waals surface area contributed by atoms with Crippen molar-refractivity contribution < 1.29 is 33.8 Å². The Hall–Kier alpha value is -5.36. The molecule has 59 heavy (non-hydrogen) atoms. The van der Waals surface area contributed by atoms with Crippen LogP contribution in [0, 0.1) is 23.7 Å². The SMILES string of the molecule is COc1ccc([C@@]23C(=O)N(Nc4ccc(Cl)cc4Cl)C(=O)[C@@H]2C[C@@H]2C(=CC[C@@H]4C(=O)N(C5CCN(Cc6ccccc6)CC5)C(=O)[C@@H]42)[C@@H]3c2ccc(O)cc2OC)cc1. The fourth-order valence-electron chi connectivity index (χ4n) is 10.7. The lowest BCUT2D eigenvalue weighted by atomic mass is 9.49. The highest BCUT2D eigenvalue weighted by atomic mass is 35.5. The minimum absolute atomic E-state index is 0.0396. The first-order valence-corrected chi connectivity index (χ1v) is 20.7. The Kier molecular flexibility index (Phi) is 10.2. The fraction of sp³-hybridized carbons (Fsp3) is 0.348. The number of fused-ring (bicyclic) bond motifs is 4. The van der Waals surface area contributed by atoms with Gasteiger partial charge in [0.15, 0.2) is 0 Å².